The summed E-state index contributed by atoms with van der Waals surface area (Å²) in [4.78, 5) is 0. The Hall–Kier alpha value is -4.95. The Balaban J connectivity index is 1.36. The van der Waals surface area contributed by atoms with Crippen molar-refractivity contribution < 1.29 is 8.81 Å². The van der Waals surface area contributed by atoms with Crippen LogP contribution in [0.5, 0.6) is 0 Å². The number of hydrogen-bond donors (Lipinski definition) is 0. The second-order valence-electron chi connectivity index (χ2n) is 10.2. The van der Waals surface area contributed by atoms with Crippen LogP contribution in [-0.4, -0.2) is 0 Å². The lowest BCUT2D eigenvalue weighted by Crippen LogP contribution is -2.28. The number of benzene rings is 6. The highest BCUT2D eigenvalue weighted by molar-refractivity contribution is 6.09. The summed E-state index contributed by atoms with van der Waals surface area (Å²) in [6.07, 6.45) is 0. The molecule has 184 valence electrons. The Morgan fingerprint density at radius 2 is 1.10 bits per heavy atom. The molecule has 0 aliphatic heterocycles. The van der Waals surface area contributed by atoms with Crippen LogP contribution in [0.25, 0.3) is 44.2 Å². The predicted octanol–water partition coefficient (Wildman–Crippen LogP) is 9.76. The molecule has 39 heavy (non-hydrogen) atoms. The zero-order chi connectivity index (χ0) is 26.0. The fourth-order valence-electron chi connectivity index (χ4n) is 6.61. The second kappa shape index (κ2) is 8.28. The van der Waals surface area contributed by atoms with Crippen molar-refractivity contribution in [1.29, 1.82) is 0 Å². The molecule has 1 heterocycles. The Bertz CT molecular complexity index is 1970. The van der Waals surface area contributed by atoms with Gasteiger partial charge in [0.25, 0.3) is 0 Å². The molecule has 0 N–H and O–H groups in total. The highest BCUT2D eigenvalue weighted by Gasteiger charge is 2.45. The summed E-state index contributed by atoms with van der Waals surface area (Å²) < 4.78 is 20.2. The lowest BCUT2D eigenvalue weighted by atomic mass is 9.67. The minimum absolute atomic E-state index is 0.261. The van der Waals surface area contributed by atoms with Crippen molar-refractivity contribution in [3.05, 3.63) is 168 Å². The molecule has 1 aliphatic carbocycles. The van der Waals surface area contributed by atoms with Gasteiger partial charge in [0, 0.05) is 16.3 Å². The Labute approximate surface area is 225 Å². The summed E-state index contributed by atoms with van der Waals surface area (Å²) >= 11 is 0. The third kappa shape index (κ3) is 3.06. The van der Waals surface area contributed by atoms with Crippen molar-refractivity contribution >= 4 is 21.9 Å². The molecule has 1 nitrogen and oxygen atoms in total. The number of furan rings is 1. The highest BCUT2D eigenvalue weighted by atomic mass is 19.1. The van der Waals surface area contributed by atoms with Crippen LogP contribution in [0.3, 0.4) is 0 Å². The van der Waals surface area contributed by atoms with Crippen molar-refractivity contribution in [2.45, 2.75) is 5.41 Å². The molecule has 0 radical (unpaired) electrons. The average Bonchev–Trinajstić information content (AvgIpc) is 3.52. The number of rotatable bonds is 3. The lowest BCUT2D eigenvalue weighted by molar-refractivity contribution is 0.626. The third-order valence-corrected chi connectivity index (χ3v) is 8.25. The molecule has 8 rings (SSSR count). The van der Waals surface area contributed by atoms with Gasteiger partial charge in [-0.3, -0.25) is 0 Å². The Morgan fingerprint density at radius 1 is 0.487 bits per heavy atom. The van der Waals surface area contributed by atoms with Gasteiger partial charge >= 0.3 is 0 Å². The van der Waals surface area contributed by atoms with Gasteiger partial charge in [-0.15, -0.1) is 0 Å². The summed E-state index contributed by atoms with van der Waals surface area (Å²) in [6, 6.07) is 48.0. The van der Waals surface area contributed by atoms with Crippen LogP contribution < -0.4 is 0 Å². The number of hydrogen-bond acceptors (Lipinski definition) is 1. The van der Waals surface area contributed by atoms with Crippen molar-refractivity contribution in [2.24, 2.45) is 0 Å². The van der Waals surface area contributed by atoms with Crippen LogP contribution in [-0.2, 0) is 5.41 Å². The van der Waals surface area contributed by atoms with Crippen molar-refractivity contribution in [2.75, 3.05) is 0 Å². The molecule has 0 bridgehead atoms. The van der Waals surface area contributed by atoms with E-state index in [1.54, 1.807) is 12.1 Å². The summed E-state index contributed by atoms with van der Waals surface area (Å²) in [7, 11) is 0. The van der Waals surface area contributed by atoms with E-state index >= 15 is 0 Å². The van der Waals surface area contributed by atoms with Gasteiger partial charge < -0.3 is 4.42 Å². The van der Waals surface area contributed by atoms with Gasteiger partial charge in [-0.05, 0) is 57.1 Å². The largest absolute Gasteiger partial charge is 0.455 e. The molecule has 0 saturated heterocycles. The topological polar surface area (TPSA) is 13.1 Å². The summed E-state index contributed by atoms with van der Waals surface area (Å²) in [5.41, 5.74) is 10.7. The van der Waals surface area contributed by atoms with Gasteiger partial charge in [0.15, 0.2) is 0 Å². The van der Waals surface area contributed by atoms with Gasteiger partial charge in [-0.1, -0.05) is 121 Å². The average molecular weight is 503 g/mol. The SMILES string of the molecule is Fc1ccc2oc3c(-c4ccc(C5(c6ccccc6)c6ccccc6-c6ccccc65)cc4)cccc3c2c1. The first-order valence-corrected chi connectivity index (χ1v) is 13.2. The van der Waals surface area contributed by atoms with Gasteiger partial charge in [-0.25, -0.2) is 4.39 Å². The number of halogens is 1. The summed E-state index contributed by atoms with van der Waals surface area (Å²) in [6.45, 7) is 0. The zero-order valence-corrected chi connectivity index (χ0v) is 21.1. The van der Waals surface area contributed by atoms with E-state index in [0.717, 1.165) is 27.5 Å². The lowest BCUT2D eigenvalue weighted by Gasteiger charge is -2.34. The molecule has 0 fully saturated rings. The molecular weight excluding hydrogens is 479 g/mol. The van der Waals surface area contributed by atoms with Gasteiger partial charge in [-0.2, -0.15) is 0 Å². The zero-order valence-electron chi connectivity index (χ0n) is 21.1. The first kappa shape index (κ1) is 22.1. The molecule has 2 heteroatoms. The molecule has 0 atom stereocenters. The summed E-state index contributed by atoms with van der Waals surface area (Å²) in [5, 5.41) is 1.72. The molecule has 7 aromatic rings. The van der Waals surface area contributed by atoms with Crippen LogP contribution in [0.15, 0.2) is 144 Å². The van der Waals surface area contributed by atoms with Crippen LogP contribution in [0.1, 0.15) is 22.3 Å². The van der Waals surface area contributed by atoms with E-state index in [1.807, 2.05) is 12.1 Å². The van der Waals surface area contributed by atoms with E-state index in [2.05, 4.69) is 109 Å². The monoisotopic (exact) mass is 502 g/mol. The molecule has 1 aromatic heterocycles. The molecule has 0 spiro atoms. The molecule has 0 saturated carbocycles. The fourth-order valence-corrected chi connectivity index (χ4v) is 6.61. The van der Waals surface area contributed by atoms with E-state index in [1.165, 1.54) is 39.4 Å². The standard InChI is InChI=1S/C37H23FO/c38-27-21-22-35-32(23-27)31-14-8-13-28(36(31)39-35)24-17-19-26(20-18-24)37(25-9-2-1-3-10-25)33-15-6-4-11-29(33)30-12-5-7-16-34(30)37/h1-23H. The fraction of sp³-hybridized carbons (Fsp3) is 0.0270. The second-order valence-corrected chi connectivity index (χ2v) is 10.2. The minimum atomic E-state index is -0.421. The molecular formula is C37H23FO. The van der Waals surface area contributed by atoms with E-state index in [9.17, 15) is 4.39 Å². The number of para-hydroxylation sites is 1. The molecule has 6 aromatic carbocycles. The molecule has 0 unspecified atom stereocenters. The van der Waals surface area contributed by atoms with Crippen LogP contribution in [0, 0.1) is 5.82 Å². The third-order valence-electron chi connectivity index (χ3n) is 8.25. The number of fused-ring (bicyclic) bond motifs is 6. The van der Waals surface area contributed by atoms with Crippen LogP contribution >= 0.6 is 0 Å². The van der Waals surface area contributed by atoms with Crippen LogP contribution in [0.2, 0.25) is 0 Å². The van der Waals surface area contributed by atoms with Gasteiger partial charge in [0.2, 0.25) is 0 Å². The highest BCUT2D eigenvalue weighted by Crippen LogP contribution is 2.56. The van der Waals surface area contributed by atoms with Crippen molar-refractivity contribution in [1.82, 2.24) is 0 Å². The van der Waals surface area contributed by atoms with Gasteiger partial charge in [0.1, 0.15) is 17.0 Å². The maximum absolute atomic E-state index is 14.0. The maximum atomic E-state index is 14.0. The molecule has 0 amide bonds. The predicted molar refractivity (Wildman–Crippen MR) is 156 cm³/mol. The summed E-state index contributed by atoms with van der Waals surface area (Å²) in [5.74, 6) is -0.261. The van der Waals surface area contributed by atoms with Crippen LogP contribution in [0.4, 0.5) is 4.39 Å². The van der Waals surface area contributed by atoms with E-state index < -0.39 is 5.41 Å². The van der Waals surface area contributed by atoms with E-state index in [0.29, 0.717) is 5.58 Å². The van der Waals surface area contributed by atoms with E-state index in [-0.39, 0.29) is 5.82 Å². The smallest absolute Gasteiger partial charge is 0.143 e. The van der Waals surface area contributed by atoms with Crippen molar-refractivity contribution in [3.8, 4) is 22.3 Å². The quantitative estimate of drug-likeness (QED) is 0.234. The first-order chi connectivity index (χ1) is 19.2. The van der Waals surface area contributed by atoms with Crippen molar-refractivity contribution in [3.63, 3.8) is 0 Å². The molecule has 1 aliphatic rings. The van der Waals surface area contributed by atoms with Gasteiger partial charge in [0.05, 0.1) is 5.41 Å². The minimum Gasteiger partial charge on any atom is -0.455 e. The Morgan fingerprint density at radius 3 is 1.82 bits per heavy atom. The Kier molecular flexibility index (Phi) is 4.68. The normalized spacial score (nSPS) is 13.5. The first-order valence-electron chi connectivity index (χ1n) is 13.2. The van der Waals surface area contributed by atoms with E-state index in [4.69, 9.17) is 4.42 Å². The maximum Gasteiger partial charge on any atom is 0.143 e.